The summed E-state index contributed by atoms with van der Waals surface area (Å²) in [6, 6.07) is 18.7. The van der Waals surface area contributed by atoms with E-state index in [0.717, 1.165) is 24.4 Å². The maximum absolute atomic E-state index is 4.30. The minimum absolute atomic E-state index is 0.730. The van der Waals surface area contributed by atoms with Gasteiger partial charge in [0.05, 0.1) is 0 Å². The van der Waals surface area contributed by atoms with Crippen molar-refractivity contribution in [3.63, 3.8) is 0 Å². The van der Waals surface area contributed by atoms with Gasteiger partial charge in [-0.05, 0) is 67.0 Å². The molecule has 138 valence electrons. The lowest BCUT2D eigenvalue weighted by atomic mass is 9.70. The summed E-state index contributed by atoms with van der Waals surface area (Å²) in [6.07, 6.45) is 9.32. The molecule has 1 aromatic heterocycles. The smallest absolute Gasteiger partial charge is 0.0346 e. The van der Waals surface area contributed by atoms with E-state index in [0.29, 0.717) is 0 Å². The number of nitrogens with zero attached hydrogens (tertiary/aromatic N) is 2. The van der Waals surface area contributed by atoms with Gasteiger partial charge in [-0.3, -0.25) is 9.88 Å². The Balaban J connectivity index is 1.37. The summed E-state index contributed by atoms with van der Waals surface area (Å²) in [5, 5.41) is 2.66. The molecule has 3 fully saturated rings. The number of hydrogen-bond donors (Lipinski definition) is 0. The van der Waals surface area contributed by atoms with Gasteiger partial charge in [0.2, 0.25) is 0 Å². The maximum Gasteiger partial charge on any atom is 0.0346 e. The second-order valence-corrected chi connectivity index (χ2v) is 8.64. The van der Waals surface area contributed by atoms with Crippen molar-refractivity contribution in [1.82, 2.24) is 9.88 Å². The lowest BCUT2D eigenvalue weighted by Gasteiger charge is -2.50. The first-order valence-electron chi connectivity index (χ1n) is 10.4. The van der Waals surface area contributed by atoms with E-state index < -0.39 is 0 Å². The highest BCUT2D eigenvalue weighted by Crippen LogP contribution is 2.41. The van der Waals surface area contributed by atoms with Crippen LogP contribution in [0, 0.1) is 18.8 Å². The van der Waals surface area contributed by atoms with E-state index in [4.69, 9.17) is 0 Å². The lowest BCUT2D eigenvalue weighted by Crippen LogP contribution is -2.53. The number of aromatic nitrogens is 1. The fourth-order valence-electron chi connectivity index (χ4n) is 5.44. The highest BCUT2D eigenvalue weighted by atomic mass is 15.2. The average molecular weight is 357 g/mol. The van der Waals surface area contributed by atoms with Crippen molar-refractivity contribution in [2.24, 2.45) is 11.8 Å². The Kier molecular flexibility index (Phi) is 4.45. The van der Waals surface area contributed by atoms with Gasteiger partial charge in [-0.25, -0.2) is 0 Å². The molecule has 0 N–H and O–H groups in total. The second kappa shape index (κ2) is 7.09. The van der Waals surface area contributed by atoms with Gasteiger partial charge in [0.15, 0.2) is 0 Å². The normalized spacial score (nSPS) is 25.1. The number of aryl methyl sites for hydroxylation is 1. The predicted molar refractivity (Wildman–Crippen MR) is 112 cm³/mol. The second-order valence-electron chi connectivity index (χ2n) is 8.64. The zero-order valence-corrected chi connectivity index (χ0v) is 16.1. The van der Waals surface area contributed by atoms with Crippen LogP contribution in [0.3, 0.4) is 0 Å². The molecule has 1 aliphatic carbocycles. The molecule has 3 aliphatic rings. The third-order valence-electron chi connectivity index (χ3n) is 6.77. The van der Waals surface area contributed by atoms with Crippen molar-refractivity contribution < 1.29 is 0 Å². The van der Waals surface area contributed by atoms with E-state index in [1.54, 1.807) is 0 Å². The van der Waals surface area contributed by atoms with Crippen LogP contribution in [0.15, 0.2) is 60.9 Å². The van der Waals surface area contributed by atoms with Crippen molar-refractivity contribution in [2.45, 2.75) is 45.2 Å². The van der Waals surface area contributed by atoms with Gasteiger partial charge in [-0.15, -0.1) is 0 Å². The van der Waals surface area contributed by atoms with Crippen LogP contribution in [0.4, 0.5) is 0 Å². The van der Waals surface area contributed by atoms with Crippen LogP contribution in [0.5, 0.6) is 0 Å². The molecule has 3 heterocycles. The molecule has 2 aromatic carbocycles. The van der Waals surface area contributed by atoms with Gasteiger partial charge in [-0.1, -0.05) is 48.0 Å². The summed E-state index contributed by atoms with van der Waals surface area (Å²) in [4.78, 5) is 7.07. The van der Waals surface area contributed by atoms with Gasteiger partial charge in [0.1, 0.15) is 0 Å². The SMILES string of the molecule is Cc1ccc(CN2CC3CCC2C(Cc2cccc4cnccc24)C3)cc1. The van der Waals surface area contributed by atoms with Gasteiger partial charge in [-0.2, -0.15) is 0 Å². The van der Waals surface area contributed by atoms with Crippen LogP contribution in [0.1, 0.15) is 36.0 Å². The van der Waals surface area contributed by atoms with Crippen LogP contribution in [0.25, 0.3) is 10.8 Å². The highest BCUT2D eigenvalue weighted by molar-refractivity contribution is 5.84. The molecule has 3 unspecified atom stereocenters. The van der Waals surface area contributed by atoms with Gasteiger partial charge >= 0.3 is 0 Å². The fraction of sp³-hybridized carbons (Fsp3) is 0.400. The molecule has 2 saturated heterocycles. The lowest BCUT2D eigenvalue weighted by molar-refractivity contribution is -0.00421. The number of rotatable bonds is 4. The third kappa shape index (κ3) is 3.39. The van der Waals surface area contributed by atoms with Gasteiger partial charge in [0.25, 0.3) is 0 Å². The molecule has 2 aliphatic heterocycles. The molecule has 3 atom stereocenters. The Labute approximate surface area is 162 Å². The third-order valence-corrected chi connectivity index (χ3v) is 6.77. The molecule has 2 heteroatoms. The monoisotopic (exact) mass is 356 g/mol. The standard InChI is InChI=1S/C25H28N2/c1-18-5-7-19(8-6-18)16-27-17-20-9-10-25(27)23(13-20)14-21-3-2-4-22-15-26-12-11-24(21)22/h2-8,11-12,15,20,23,25H,9-10,13-14,16-17H2,1H3. The Bertz CT molecular complexity index is 925. The molecule has 0 spiro atoms. The van der Waals surface area contributed by atoms with Crippen molar-refractivity contribution in [1.29, 1.82) is 0 Å². The topological polar surface area (TPSA) is 16.1 Å². The zero-order valence-electron chi connectivity index (χ0n) is 16.1. The molecule has 27 heavy (non-hydrogen) atoms. The molecule has 0 amide bonds. The number of piperidine rings is 2. The van der Waals surface area contributed by atoms with E-state index in [2.05, 4.69) is 65.3 Å². The summed E-state index contributed by atoms with van der Waals surface area (Å²) in [5.74, 6) is 1.66. The fourth-order valence-corrected chi connectivity index (χ4v) is 5.44. The van der Waals surface area contributed by atoms with E-state index in [9.17, 15) is 0 Å². The summed E-state index contributed by atoms with van der Waals surface area (Å²) >= 11 is 0. The van der Waals surface area contributed by atoms with E-state index >= 15 is 0 Å². The Morgan fingerprint density at radius 2 is 1.93 bits per heavy atom. The summed E-state index contributed by atoms with van der Waals surface area (Å²) in [6.45, 7) is 4.56. The molecule has 0 radical (unpaired) electrons. The van der Waals surface area contributed by atoms with Crippen LogP contribution in [-0.2, 0) is 13.0 Å². The van der Waals surface area contributed by atoms with Gasteiger partial charge in [0, 0.05) is 36.9 Å². The van der Waals surface area contributed by atoms with Crippen LogP contribution in [0.2, 0.25) is 0 Å². The van der Waals surface area contributed by atoms with Gasteiger partial charge < -0.3 is 0 Å². The van der Waals surface area contributed by atoms with E-state index in [-0.39, 0.29) is 0 Å². The summed E-state index contributed by atoms with van der Waals surface area (Å²) < 4.78 is 0. The Morgan fingerprint density at radius 3 is 2.78 bits per heavy atom. The van der Waals surface area contributed by atoms with E-state index in [1.165, 1.54) is 59.7 Å². The first kappa shape index (κ1) is 16.9. The molecular weight excluding hydrogens is 328 g/mol. The van der Waals surface area contributed by atoms with Crippen molar-refractivity contribution in [2.75, 3.05) is 6.54 Å². The minimum Gasteiger partial charge on any atom is -0.296 e. The maximum atomic E-state index is 4.30. The van der Waals surface area contributed by atoms with Crippen molar-refractivity contribution >= 4 is 10.8 Å². The first-order valence-corrected chi connectivity index (χ1v) is 10.4. The molecule has 6 rings (SSSR count). The largest absolute Gasteiger partial charge is 0.296 e. The zero-order chi connectivity index (χ0) is 18.2. The Hall–Kier alpha value is -2.19. The highest BCUT2D eigenvalue weighted by Gasteiger charge is 2.40. The number of hydrogen-bond acceptors (Lipinski definition) is 2. The predicted octanol–water partition coefficient (Wildman–Crippen LogP) is 5.39. The van der Waals surface area contributed by atoms with Crippen LogP contribution >= 0.6 is 0 Å². The summed E-state index contributed by atoms with van der Waals surface area (Å²) in [7, 11) is 0. The van der Waals surface area contributed by atoms with Crippen LogP contribution < -0.4 is 0 Å². The van der Waals surface area contributed by atoms with Crippen molar-refractivity contribution in [3.8, 4) is 0 Å². The first-order chi connectivity index (χ1) is 13.3. The molecule has 2 bridgehead atoms. The minimum atomic E-state index is 0.730. The quantitative estimate of drug-likeness (QED) is 0.623. The molecular formula is C25H28N2. The average Bonchev–Trinajstić information content (AvgIpc) is 2.71. The number of pyridine rings is 1. The molecule has 3 aromatic rings. The molecule has 1 saturated carbocycles. The molecule has 2 nitrogen and oxygen atoms in total. The van der Waals surface area contributed by atoms with Crippen molar-refractivity contribution in [3.05, 3.63) is 77.6 Å². The number of benzene rings is 2. The summed E-state index contributed by atoms with van der Waals surface area (Å²) in [5.41, 5.74) is 4.31. The van der Waals surface area contributed by atoms with E-state index in [1.807, 2.05) is 12.4 Å². The Morgan fingerprint density at radius 1 is 1.04 bits per heavy atom. The van der Waals surface area contributed by atoms with Crippen LogP contribution in [-0.4, -0.2) is 22.5 Å². The number of fused-ring (bicyclic) bond motifs is 4.